The normalized spacial score (nSPS) is 13.3. The Labute approximate surface area is 113 Å². The van der Waals surface area contributed by atoms with Gasteiger partial charge in [-0.15, -0.1) is 0 Å². The topological polar surface area (TPSA) is 30.0 Å². The highest BCUT2D eigenvalue weighted by molar-refractivity contribution is 5.95. The van der Waals surface area contributed by atoms with Crippen LogP contribution in [0.5, 0.6) is 0 Å². The largest absolute Gasteiger partial charge is 0.292 e. The number of aryl methyl sites for hydroxylation is 3. The van der Waals surface area contributed by atoms with Crippen molar-refractivity contribution in [2.45, 2.75) is 32.6 Å². The third-order valence-corrected chi connectivity index (χ3v) is 3.70. The van der Waals surface area contributed by atoms with Crippen LogP contribution >= 0.6 is 0 Å². The number of aromatic nitrogens is 1. The molecule has 0 bridgehead atoms. The lowest BCUT2D eigenvalue weighted by Gasteiger charge is -2.05. The summed E-state index contributed by atoms with van der Waals surface area (Å²) in [7, 11) is 0. The molecule has 1 heterocycles. The molecular formula is C17H17NO. The molecule has 0 spiro atoms. The van der Waals surface area contributed by atoms with E-state index < -0.39 is 0 Å². The average Bonchev–Trinajstić information content (AvgIpc) is 2.86. The highest BCUT2D eigenvalue weighted by Crippen LogP contribution is 2.23. The predicted octanol–water partition coefficient (Wildman–Crippen LogP) is 3.30. The Morgan fingerprint density at radius 3 is 2.84 bits per heavy atom. The molecule has 96 valence electrons. The zero-order chi connectivity index (χ0) is 13.2. The van der Waals surface area contributed by atoms with E-state index in [2.05, 4.69) is 23.2 Å². The summed E-state index contributed by atoms with van der Waals surface area (Å²) in [6.07, 6.45) is 4.03. The quantitative estimate of drug-likeness (QED) is 0.783. The van der Waals surface area contributed by atoms with Crippen molar-refractivity contribution in [3.8, 4) is 0 Å². The second kappa shape index (κ2) is 4.96. The number of ketones is 1. The van der Waals surface area contributed by atoms with Gasteiger partial charge in [-0.3, -0.25) is 9.78 Å². The summed E-state index contributed by atoms with van der Waals surface area (Å²) in [5.74, 6) is 0.0987. The van der Waals surface area contributed by atoms with Gasteiger partial charge in [0, 0.05) is 12.1 Å². The van der Waals surface area contributed by atoms with Crippen LogP contribution in [0.1, 0.15) is 39.3 Å². The number of benzene rings is 1. The molecule has 3 rings (SSSR count). The smallest absolute Gasteiger partial charge is 0.185 e. The standard InChI is InChI=1S/C17H17NO/c1-12-4-2-7-16(18-12)17(19)11-13-8-9-14-5-3-6-15(14)10-13/h2,4,7-10H,3,5-6,11H2,1H3. The lowest BCUT2D eigenvalue weighted by atomic mass is 10.0. The molecule has 0 unspecified atom stereocenters. The Balaban J connectivity index is 1.80. The van der Waals surface area contributed by atoms with Gasteiger partial charge >= 0.3 is 0 Å². The van der Waals surface area contributed by atoms with Gasteiger partial charge in [-0.2, -0.15) is 0 Å². The van der Waals surface area contributed by atoms with Crippen molar-refractivity contribution in [3.63, 3.8) is 0 Å². The number of Topliss-reactive ketones (excluding diaryl/α,β-unsaturated/α-hetero) is 1. The van der Waals surface area contributed by atoms with E-state index in [0.29, 0.717) is 12.1 Å². The average molecular weight is 251 g/mol. The molecule has 0 saturated carbocycles. The fourth-order valence-electron chi connectivity index (χ4n) is 2.71. The molecule has 0 aliphatic heterocycles. The van der Waals surface area contributed by atoms with Crippen LogP contribution in [0.15, 0.2) is 36.4 Å². The number of hydrogen-bond acceptors (Lipinski definition) is 2. The number of fused-ring (bicyclic) bond motifs is 1. The van der Waals surface area contributed by atoms with Gasteiger partial charge in [0.25, 0.3) is 0 Å². The summed E-state index contributed by atoms with van der Waals surface area (Å²) in [6, 6.07) is 12.0. The third-order valence-electron chi connectivity index (χ3n) is 3.70. The molecule has 0 amide bonds. The Bertz CT molecular complexity index is 631. The molecule has 1 aliphatic carbocycles. The number of carbonyl (C=O) groups excluding carboxylic acids is 1. The first-order valence-corrected chi connectivity index (χ1v) is 6.80. The van der Waals surface area contributed by atoms with Gasteiger partial charge in [0.2, 0.25) is 0 Å². The second-order valence-electron chi connectivity index (χ2n) is 5.22. The van der Waals surface area contributed by atoms with E-state index in [1.54, 1.807) is 6.07 Å². The summed E-state index contributed by atoms with van der Waals surface area (Å²) >= 11 is 0. The van der Waals surface area contributed by atoms with E-state index in [1.165, 1.54) is 24.0 Å². The van der Waals surface area contributed by atoms with Gasteiger partial charge in [-0.25, -0.2) is 0 Å². The first-order chi connectivity index (χ1) is 9.22. The summed E-state index contributed by atoms with van der Waals surface area (Å²) in [4.78, 5) is 16.5. The number of rotatable bonds is 3. The van der Waals surface area contributed by atoms with Crippen molar-refractivity contribution in [2.75, 3.05) is 0 Å². The summed E-state index contributed by atoms with van der Waals surface area (Å²) in [5.41, 5.74) is 5.43. The molecule has 2 heteroatoms. The summed E-state index contributed by atoms with van der Waals surface area (Å²) in [6.45, 7) is 1.91. The number of nitrogens with zero attached hydrogens (tertiary/aromatic N) is 1. The van der Waals surface area contributed by atoms with Crippen molar-refractivity contribution >= 4 is 5.78 Å². The first-order valence-electron chi connectivity index (χ1n) is 6.80. The Morgan fingerprint density at radius 1 is 1.16 bits per heavy atom. The molecule has 19 heavy (non-hydrogen) atoms. The van der Waals surface area contributed by atoms with Gasteiger partial charge < -0.3 is 0 Å². The third kappa shape index (κ3) is 2.58. The van der Waals surface area contributed by atoms with Crippen LogP contribution in [-0.2, 0) is 19.3 Å². The van der Waals surface area contributed by atoms with Crippen LogP contribution in [0.3, 0.4) is 0 Å². The Kier molecular flexibility index (Phi) is 3.16. The SMILES string of the molecule is Cc1cccc(C(=O)Cc2ccc3c(c2)CCC3)n1. The van der Waals surface area contributed by atoms with E-state index >= 15 is 0 Å². The molecule has 2 aromatic rings. The molecule has 0 atom stereocenters. The van der Waals surface area contributed by atoms with Gasteiger partial charge in [0.05, 0.1) is 0 Å². The molecule has 0 saturated heterocycles. The summed E-state index contributed by atoms with van der Waals surface area (Å²) in [5, 5.41) is 0. The molecule has 1 aromatic carbocycles. The maximum atomic E-state index is 12.2. The van der Waals surface area contributed by atoms with E-state index in [4.69, 9.17) is 0 Å². The molecular weight excluding hydrogens is 234 g/mol. The fraction of sp³-hybridized carbons (Fsp3) is 0.294. The van der Waals surface area contributed by atoms with Crippen molar-refractivity contribution in [2.24, 2.45) is 0 Å². The van der Waals surface area contributed by atoms with Gasteiger partial charge in [-0.1, -0.05) is 24.3 Å². The molecule has 1 aliphatic rings. The van der Waals surface area contributed by atoms with Crippen molar-refractivity contribution < 1.29 is 4.79 Å². The number of pyridine rings is 1. The molecule has 0 fully saturated rings. The Hall–Kier alpha value is -1.96. The van der Waals surface area contributed by atoms with Crippen LogP contribution in [0.25, 0.3) is 0 Å². The maximum absolute atomic E-state index is 12.2. The molecule has 0 N–H and O–H groups in total. The number of hydrogen-bond donors (Lipinski definition) is 0. The first kappa shape index (κ1) is 12.1. The van der Waals surface area contributed by atoms with Gasteiger partial charge in [0.15, 0.2) is 5.78 Å². The minimum Gasteiger partial charge on any atom is -0.292 e. The lowest BCUT2D eigenvalue weighted by molar-refractivity contribution is 0.0988. The highest BCUT2D eigenvalue weighted by atomic mass is 16.1. The highest BCUT2D eigenvalue weighted by Gasteiger charge is 2.13. The van der Waals surface area contributed by atoms with Crippen molar-refractivity contribution in [3.05, 3.63) is 64.5 Å². The second-order valence-corrected chi connectivity index (χ2v) is 5.22. The summed E-state index contributed by atoms with van der Waals surface area (Å²) < 4.78 is 0. The van der Waals surface area contributed by atoms with Crippen molar-refractivity contribution in [1.29, 1.82) is 0 Å². The van der Waals surface area contributed by atoms with Gasteiger partial charge in [-0.05, 0) is 55.0 Å². The predicted molar refractivity (Wildman–Crippen MR) is 75.5 cm³/mol. The van der Waals surface area contributed by atoms with E-state index in [-0.39, 0.29) is 5.78 Å². The van der Waals surface area contributed by atoms with Crippen LogP contribution in [0, 0.1) is 6.92 Å². The van der Waals surface area contributed by atoms with E-state index in [0.717, 1.165) is 17.7 Å². The van der Waals surface area contributed by atoms with Crippen LogP contribution < -0.4 is 0 Å². The number of carbonyl (C=O) groups is 1. The van der Waals surface area contributed by atoms with Crippen LogP contribution in [0.2, 0.25) is 0 Å². The van der Waals surface area contributed by atoms with E-state index in [1.807, 2.05) is 19.1 Å². The molecule has 1 aromatic heterocycles. The Morgan fingerprint density at radius 2 is 2.00 bits per heavy atom. The van der Waals surface area contributed by atoms with Gasteiger partial charge in [0.1, 0.15) is 5.69 Å². The zero-order valence-corrected chi connectivity index (χ0v) is 11.1. The van der Waals surface area contributed by atoms with Crippen molar-refractivity contribution in [1.82, 2.24) is 4.98 Å². The fourth-order valence-corrected chi connectivity index (χ4v) is 2.71. The monoisotopic (exact) mass is 251 g/mol. The van der Waals surface area contributed by atoms with E-state index in [9.17, 15) is 4.79 Å². The lowest BCUT2D eigenvalue weighted by Crippen LogP contribution is -2.06. The maximum Gasteiger partial charge on any atom is 0.185 e. The van der Waals surface area contributed by atoms with Crippen LogP contribution in [0.4, 0.5) is 0 Å². The molecule has 0 radical (unpaired) electrons. The minimum absolute atomic E-state index is 0.0987. The molecule has 2 nitrogen and oxygen atoms in total. The van der Waals surface area contributed by atoms with Crippen LogP contribution in [-0.4, -0.2) is 10.8 Å². The minimum atomic E-state index is 0.0987. The zero-order valence-electron chi connectivity index (χ0n) is 11.1.